The number of amides is 1. The molecule has 2 N–H and O–H groups in total. The second-order valence-electron chi connectivity index (χ2n) is 5.81. The van der Waals surface area contributed by atoms with Crippen molar-refractivity contribution in [2.24, 2.45) is 0 Å². The molecule has 0 bridgehead atoms. The van der Waals surface area contributed by atoms with Crippen LogP contribution in [0.15, 0.2) is 28.4 Å². The summed E-state index contributed by atoms with van der Waals surface area (Å²) in [6, 6.07) is 5.03. The molecule has 4 heterocycles. The number of carbonyl (C=O) groups excluding carboxylic acids is 1. The molecular formula is C16H15N5O2S. The van der Waals surface area contributed by atoms with Crippen LogP contribution in [0.1, 0.15) is 34.0 Å². The number of fused-ring (bicyclic) bond motifs is 1. The first kappa shape index (κ1) is 14.8. The number of nitrogens with one attached hydrogen (secondary N) is 2. The van der Waals surface area contributed by atoms with Gasteiger partial charge in [-0.25, -0.2) is 5.10 Å². The second-order valence-corrected chi connectivity index (χ2v) is 6.76. The van der Waals surface area contributed by atoms with Crippen molar-refractivity contribution in [3.63, 3.8) is 0 Å². The van der Waals surface area contributed by atoms with Crippen molar-refractivity contribution >= 4 is 23.1 Å². The van der Waals surface area contributed by atoms with E-state index in [9.17, 15) is 9.59 Å². The van der Waals surface area contributed by atoms with Crippen LogP contribution in [-0.4, -0.2) is 25.9 Å². The van der Waals surface area contributed by atoms with Gasteiger partial charge in [0.05, 0.1) is 5.69 Å². The van der Waals surface area contributed by atoms with Crippen LogP contribution in [0.3, 0.4) is 0 Å². The summed E-state index contributed by atoms with van der Waals surface area (Å²) < 4.78 is 1.58. The minimum absolute atomic E-state index is 0.00902. The minimum Gasteiger partial charge on any atom is -0.310 e. The van der Waals surface area contributed by atoms with Gasteiger partial charge in [0.2, 0.25) is 5.91 Å². The van der Waals surface area contributed by atoms with Crippen molar-refractivity contribution in [2.45, 2.75) is 26.2 Å². The molecule has 8 heteroatoms. The van der Waals surface area contributed by atoms with Crippen molar-refractivity contribution in [1.82, 2.24) is 20.0 Å². The predicted molar refractivity (Wildman–Crippen MR) is 90.9 cm³/mol. The maximum absolute atomic E-state index is 12.3. The highest BCUT2D eigenvalue weighted by atomic mass is 32.1. The van der Waals surface area contributed by atoms with Crippen LogP contribution in [0.2, 0.25) is 0 Å². The molecule has 1 aliphatic rings. The first-order valence-electron chi connectivity index (χ1n) is 7.54. The number of rotatable bonds is 2. The van der Waals surface area contributed by atoms with E-state index in [1.807, 2.05) is 12.3 Å². The van der Waals surface area contributed by atoms with E-state index >= 15 is 0 Å². The fraction of sp³-hybridized carbons (Fsp3) is 0.250. The zero-order chi connectivity index (χ0) is 16.8. The van der Waals surface area contributed by atoms with E-state index in [4.69, 9.17) is 0 Å². The van der Waals surface area contributed by atoms with Gasteiger partial charge in [0.1, 0.15) is 5.82 Å². The van der Waals surface area contributed by atoms with Crippen LogP contribution in [0.4, 0.5) is 5.82 Å². The Balaban J connectivity index is 1.90. The highest BCUT2D eigenvalue weighted by molar-refractivity contribution is 7.10. The first-order chi connectivity index (χ1) is 11.5. The third-order valence-corrected chi connectivity index (χ3v) is 5.33. The Morgan fingerprint density at radius 2 is 2.08 bits per heavy atom. The predicted octanol–water partition coefficient (Wildman–Crippen LogP) is 2.11. The van der Waals surface area contributed by atoms with E-state index in [0.717, 1.165) is 11.3 Å². The lowest BCUT2D eigenvalue weighted by Gasteiger charge is -2.23. The van der Waals surface area contributed by atoms with E-state index in [1.165, 1.54) is 16.5 Å². The van der Waals surface area contributed by atoms with Gasteiger partial charge in [-0.2, -0.15) is 14.9 Å². The summed E-state index contributed by atoms with van der Waals surface area (Å²) >= 11 is 1.66. The second kappa shape index (κ2) is 5.41. The van der Waals surface area contributed by atoms with E-state index in [0.29, 0.717) is 18.1 Å². The van der Waals surface area contributed by atoms with Gasteiger partial charge < -0.3 is 5.32 Å². The van der Waals surface area contributed by atoms with Crippen LogP contribution in [0.5, 0.6) is 0 Å². The molecular weight excluding hydrogens is 326 g/mol. The van der Waals surface area contributed by atoms with Crippen LogP contribution >= 0.6 is 11.3 Å². The zero-order valence-electron chi connectivity index (χ0n) is 13.2. The number of hydrogen-bond donors (Lipinski definition) is 2. The van der Waals surface area contributed by atoms with Gasteiger partial charge in [0.25, 0.3) is 5.56 Å². The number of aromatic nitrogens is 4. The molecule has 3 aromatic rings. The highest BCUT2D eigenvalue weighted by Crippen LogP contribution is 2.42. The molecule has 0 saturated carbocycles. The molecule has 0 radical (unpaired) electrons. The molecule has 4 rings (SSSR count). The van der Waals surface area contributed by atoms with E-state index < -0.39 is 0 Å². The van der Waals surface area contributed by atoms with Gasteiger partial charge in [-0.3, -0.25) is 9.59 Å². The summed E-state index contributed by atoms with van der Waals surface area (Å²) in [6.07, 6.45) is 0.403. The largest absolute Gasteiger partial charge is 0.310 e. The Labute approximate surface area is 141 Å². The van der Waals surface area contributed by atoms with Gasteiger partial charge in [-0.05, 0) is 36.9 Å². The summed E-state index contributed by atoms with van der Waals surface area (Å²) in [7, 11) is 0. The average Bonchev–Trinajstić information content (AvgIpc) is 3.11. The number of anilines is 1. The molecule has 1 atom stereocenters. The maximum atomic E-state index is 12.3. The lowest BCUT2D eigenvalue weighted by molar-refractivity contribution is -0.116. The van der Waals surface area contributed by atoms with Crippen molar-refractivity contribution in [2.75, 3.05) is 5.32 Å². The highest BCUT2D eigenvalue weighted by Gasteiger charge is 2.34. The maximum Gasteiger partial charge on any atom is 0.264 e. The van der Waals surface area contributed by atoms with Crippen molar-refractivity contribution in [3.05, 3.63) is 55.6 Å². The smallest absolute Gasteiger partial charge is 0.264 e. The van der Waals surface area contributed by atoms with Crippen LogP contribution in [-0.2, 0) is 4.79 Å². The SMILES string of the molecule is Cc1ccsc1C1CC(=O)Nc2c1c(C)nn2-c1ccc(=O)[nH]n1. The van der Waals surface area contributed by atoms with Crippen molar-refractivity contribution in [3.8, 4) is 5.82 Å². The molecule has 0 spiro atoms. The fourth-order valence-corrected chi connectivity index (χ4v) is 4.17. The molecule has 1 unspecified atom stereocenters. The number of H-pyrrole nitrogens is 1. The van der Waals surface area contributed by atoms with E-state index in [1.54, 1.807) is 22.1 Å². The summed E-state index contributed by atoms with van der Waals surface area (Å²) in [5.41, 5.74) is 2.75. The topological polar surface area (TPSA) is 92.7 Å². The monoisotopic (exact) mass is 341 g/mol. The first-order valence-corrected chi connectivity index (χ1v) is 8.42. The number of aromatic amines is 1. The van der Waals surface area contributed by atoms with Crippen LogP contribution in [0, 0.1) is 13.8 Å². The Kier molecular flexibility index (Phi) is 3.34. The molecule has 1 aliphatic heterocycles. The number of carbonyl (C=O) groups is 1. The molecule has 7 nitrogen and oxygen atoms in total. The standard InChI is InChI=1S/C16H15N5O2S/c1-8-5-6-24-15(8)10-7-13(23)17-16-14(10)9(2)20-21(16)11-3-4-12(22)19-18-11/h3-6,10H,7H2,1-2H3,(H,17,23)(H,19,22). The normalized spacial score (nSPS) is 16.8. The van der Waals surface area contributed by atoms with Crippen molar-refractivity contribution < 1.29 is 4.79 Å². The van der Waals surface area contributed by atoms with Gasteiger partial charge in [-0.1, -0.05) is 0 Å². The number of hydrogen-bond acceptors (Lipinski definition) is 5. The van der Waals surface area contributed by atoms with E-state index in [2.05, 4.69) is 33.6 Å². The summed E-state index contributed by atoms with van der Waals surface area (Å²) in [4.78, 5) is 24.7. The summed E-state index contributed by atoms with van der Waals surface area (Å²) in [5.74, 6) is 1.03. The molecule has 0 aromatic carbocycles. The third kappa shape index (κ3) is 2.26. The molecule has 0 fully saturated rings. The number of aryl methyl sites for hydroxylation is 2. The van der Waals surface area contributed by atoms with Gasteiger partial charge >= 0.3 is 0 Å². The number of nitrogens with zero attached hydrogens (tertiary/aromatic N) is 3. The Morgan fingerprint density at radius 3 is 2.75 bits per heavy atom. The molecule has 122 valence electrons. The van der Waals surface area contributed by atoms with Crippen LogP contribution < -0.4 is 10.9 Å². The molecule has 0 saturated heterocycles. The van der Waals surface area contributed by atoms with Crippen LogP contribution in [0.25, 0.3) is 5.82 Å². The van der Waals surface area contributed by atoms with Gasteiger partial charge in [0.15, 0.2) is 5.82 Å². The molecule has 1 amide bonds. The average molecular weight is 341 g/mol. The lowest BCUT2D eigenvalue weighted by Crippen LogP contribution is -2.25. The Morgan fingerprint density at radius 1 is 1.25 bits per heavy atom. The quantitative estimate of drug-likeness (QED) is 0.746. The fourth-order valence-electron chi connectivity index (χ4n) is 3.13. The summed E-state index contributed by atoms with van der Waals surface area (Å²) in [6.45, 7) is 3.98. The molecule has 3 aromatic heterocycles. The Bertz CT molecular complexity index is 980. The minimum atomic E-state index is -0.285. The molecule has 0 aliphatic carbocycles. The van der Waals surface area contributed by atoms with Gasteiger partial charge in [0, 0.05) is 28.8 Å². The molecule has 24 heavy (non-hydrogen) atoms. The third-order valence-electron chi connectivity index (χ3n) is 4.20. The van der Waals surface area contributed by atoms with Crippen molar-refractivity contribution in [1.29, 1.82) is 0 Å². The summed E-state index contributed by atoms with van der Waals surface area (Å²) in [5, 5.41) is 15.9. The Hall–Kier alpha value is -2.74. The number of thiophene rings is 1. The zero-order valence-corrected chi connectivity index (χ0v) is 14.0. The lowest BCUT2D eigenvalue weighted by atomic mass is 9.89. The van der Waals surface area contributed by atoms with Gasteiger partial charge in [-0.15, -0.1) is 11.3 Å². The van der Waals surface area contributed by atoms with E-state index in [-0.39, 0.29) is 17.4 Å².